The van der Waals surface area contributed by atoms with Gasteiger partial charge >= 0.3 is 5.97 Å². The first-order valence-corrected chi connectivity index (χ1v) is 6.48. The van der Waals surface area contributed by atoms with Gasteiger partial charge in [0.1, 0.15) is 5.75 Å². The average molecular weight is 250 g/mol. The fourth-order valence-electron chi connectivity index (χ4n) is 1.94. The molecule has 1 rings (SSSR count). The van der Waals surface area contributed by atoms with Crippen molar-refractivity contribution in [2.75, 3.05) is 14.2 Å². The first-order chi connectivity index (χ1) is 8.72. The minimum absolute atomic E-state index is 0.328. The summed E-state index contributed by atoms with van der Waals surface area (Å²) in [5.74, 6) is 0.445. The first kappa shape index (κ1) is 14.6. The van der Waals surface area contributed by atoms with Gasteiger partial charge in [-0.1, -0.05) is 32.3 Å². The second kappa shape index (κ2) is 7.75. The van der Waals surface area contributed by atoms with Crippen LogP contribution >= 0.6 is 0 Å². The zero-order chi connectivity index (χ0) is 13.4. The van der Waals surface area contributed by atoms with Gasteiger partial charge in [0.2, 0.25) is 0 Å². The van der Waals surface area contributed by atoms with Crippen molar-refractivity contribution in [2.45, 2.75) is 39.0 Å². The monoisotopic (exact) mass is 250 g/mol. The number of esters is 1. The van der Waals surface area contributed by atoms with Crippen molar-refractivity contribution in [1.29, 1.82) is 0 Å². The molecule has 1 aromatic carbocycles. The Morgan fingerprint density at radius 2 is 1.94 bits per heavy atom. The molecular formula is C15H22O3. The highest BCUT2D eigenvalue weighted by atomic mass is 16.5. The van der Waals surface area contributed by atoms with E-state index < -0.39 is 0 Å². The van der Waals surface area contributed by atoms with Crippen LogP contribution in [0.25, 0.3) is 0 Å². The Bertz CT molecular complexity index is 385. The molecule has 0 aliphatic rings. The molecule has 0 amide bonds. The highest BCUT2D eigenvalue weighted by Crippen LogP contribution is 2.23. The van der Waals surface area contributed by atoms with Crippen LogP contribution in [0.4, 0.5) is 0 Å². The summed E-state index contributed by atoms with van der Waals surface area (Å²) in [7, 11) is 3.01. The molecule has 0 saturated heterocycles. The smallest absolute Gasteiger partial charge is 0.337 e. The van der Waals surface area contributed by atoms with Gasteiger partial charge in [-0.2, -0.15) is 0 Å². The summed E-state index contributed by atoms with van der Waals surface area (Å²) in [5, 5.41) is 0. The number of carbonyl (C=O) groups excluding carboxylic acids is 1. The van der Waals surface area contributed by atoms with E-state index in [4.69, 9.17) is 9.47 Å². The molecular weight excluding hydrogens is 228 g/mol. The quantitative estimate of drug-likeness (QED) is 0.548. The van der Waals surface area contributed by atoms with E-state index in [2.05, 4.69) is 6.92 Å². The summed E-state index contributed by atoms with van der Waals surface area (Å²) < 4.78 is 10.0. The predicted molar refractivity (Wildman–Crippen MR) is 72.2 cm³/mol. The largest absolute Gasteiger partial charge is 0.496 e. The van der Waals surface area contributed by atoms with Crippen molar-refractivity contribution in [2.24, 2.45) is 0 Å². The maximum absolute atomic E-state index is 11.4. The van der Waals surface area contributed by atoms with Gasteiger partial charge in [0.05, 0.1) is 19.8 Å². The molecule has 1 aromatic rings. The number of hydrogen-bond donors (Lipinski definition) is 0. The number of methoxy groups -OCH3 is 2. The Morgan fingerprint density at radius 1 is 1.17 bits per heavy atom. The van der Waals surface area contributed by atoms with Crippen molar-refractivity contribution in [3.05, 3.63) is 29.3 Å². The third-order valence-electron chi connectivity index (χ3n) is 3.01. The Morgan fingerprint density at radius 3 is 2.56 bits per heavy atom. The van der Waals surface area contributed by atoms with Crippen LogP contribution in [0.5, 0.6) is 5.75 Å². The van der Waals surface area contributed by atoms with Crippen LogP contribution in [0.3, 0.4) is 0 Å². The molecule has 0 atom stereocenters. The maximum Gasteiger partial charge on any atom is 0.337 e. The third kappa shape index (κ3) is 4.06. The highest BCUT2D eigenvalue weighted by molar-refractivity contribution is 5.89. The minimum Gasteiger partial charge on any atom is -0.496 e. The van der Waals surface area contributed by atoms with Crippen molar-refractivity contribution in [3.63, 3.8) is 0 Å². The number of unbranched alkanes of at least 4 members (excludes halogenated alkanes) is 3. The van der Waals surface area contributed by atoms with Crippen LogP contribution in [-0.4, -0.2) is 20.2 Å². The third-order valence-corrected chi connectivity index (χ3v) is 3.01. The second-order valence-electron chi connectivity index (χ2n) is 4.33. The number of hydrogen-bond acceptors (Lipinski definition) is 3. The van der Waals surface area contributed by atoms with Gasteiger partial charge in [-0.3, -0.25) is 0 Å². The van der Waals surface area contributed by atoms with E-state index in [9.17, 15) is 4.79 Å². The fraction of sp³-hybridized carbons (Fsp3) is 0.533. The Labute approximate surface area is 109 Å². The number of carbonyl (C=O) groups is 1. The van der Waals surface area contributed by atoms with Gasteiger partial charge < -0.3 is 9.47 Å². The lowest BCUT2D eigenvalue weighted by molar-refractivity contribution is 0.0600. The van der Waals surface area contributed by atoms with Crippen molar-refractivity contribution >= 4 is 5.97 Å². The molecule has 0 heterocycles. The topological polar surface area (TPSA) is 35.5 Å². The molecule has 18 heavy (non-hydrogen) atoms. The zero-order valence-electron chi connectivity index (χ0n) is 11.5. The number of ether oxygens (including phenoxy) is 2. The van der Waals surface area contributed by atoms with E-state index in [0.29, 0.717) is 5.56 Å². The Balaban J connectivity index is 2.71. The van der Waals surface area contributed by atoms with Crippen molar-refractivity contribution < 1.29 is 14.3 Å². The summed E-state index contributed by atoms with van der Waals surface area (Å²) in [6.45, 7) is 2.20. The number of rotatable bonds is 7. The summed E-state index contributed by atoms with van der Waals surface area (Å²) in [6, 6.07) is 5.50. The van der Waals surface area contributed by atoms with Crippen LogP contribution in [0.15, 0.2) is 18.2 Å². The SMILES string of the molecule is CCCCCCc1ccc(C(=O)OC)cc1OC. The molecule has 0 aliphatic carbocycles. The van der Waals surface area contributed by atoms with Crippen LogP contribution in [-0.2, 0) is 11.2 Å². The van der Waals surface area contributed by atoms with Crippen molar-refractivity contribution in [3.8, 4) is 5.75 Å². The molecule has 0 aliphatic heterocycles. The predicted octanol–water partition coefficient (Wildman–Crippen LogP) is 3.60. The van der Waals surface area contributed by atoms with Gasteiger partial charge in [-0.25, -0.2) is 4.79 Å². The molecule has 0 N–H and O–H groups in total. The molecule has 0 bridgehead atoms. The van der Waals surface area contributed by atoms with Gasteiger partial charge in [-0.15, -0.1) is 0 Å². The van der Waals surface area contributed by atoms with E-state index in [-0.39, 0.29) is 5.97 Å². The highest BCUT2D eigenvalue weighted by Gasteiger charge is 2.10. The maximum atomic E-state index is 11.4. The lowest BCUT2D eigenvalue weighted by atomic mass is 10.0. The van der Waals surface area contributed by atoms with Gasteiger partial charge in [-0.05, 0) is 30.5 Å². The molecule has 3 heteroatoms. The Kier molecular flexibility index (Phi) is 6.26. The summed E-state index contributed by atoms with van der Waals surface area (Å²) in [4.78, 5) is 11.4. The lowest BCUT2D eigenvalue weighted by Crippen LogP contribution is -2.03. The fourth-order valence-corrected chi connectivity index (χ4v) is 1.94. The molecule has 0 unspecified atom stereocenters. The summed E-state index contributed by atoms with van der Waals surface area (Å²) in [5.41, 5.74) is 1.69. The second-order valence-corrected chi connectivity index (χ2v) is 4.33. The molecule has 100 valence electrons. The number of benzene rings is 1. The molecule has 3 nitrogen and oxygen atoms in total. The van der Waals surface area contributed by atoms with Crippen LogP contribution < -0.4 is 4.74 Å². The number of aryl methyl sites for hydroxylation is 1. The minimum atomic E-state index is -0.328. The molecule has 0 fully saturated rings. The van der Waals surface area contributed by atoms with Gasteiger partial charge in [0.25, 0.3) is 0 Å². The lowest BCUT2D eigenvalue weighted by Gasteiger charge is -2.10. The molecule has 0 radical (unpaired) electrons. The van der Waals surface area contributed by atoms with Crippen molar-refractivity contribution in [1.82, 2.24) is 0 Å². The van der Waals surface area contributed by atoms with E-state index in [1.807, 2.05) is 6.07 Å². The zero-order valence-corrected chi connectivity index (χ0v) is 11.5. The average Bonchev–Trinajstić information content (AvgIpc) is 2.42. The van der Waals surface area contributed by atoms with Crippen LogP contribution in [0.2, 0.25) is 0 Å². The van der Waals surface area contributed by atoms with Crippen LogP contribution in [0, 0.1) is 0 Å². The normalized spacial score (nSPS) is 10.2. The molecule has 0 spiro atoms. The van der Waals surface area contributed by atoms with Gasteiger partial charge in [0.15, 0.2) is 0 Å². The van der Waals surface area contributed by atoms with E-state index in [1.54, 1.807) is 19.2 Å². The van der Waals surface area contributed by atoms with Gasteiger partial charge in [0, 0.05) is 0 Å². The Hall–Kier alpha value is -1.51. The van der Waals surface area contributed by atoms with E-state index in [0.717, 1.165) is 24.2 Å². The van der Waals surface area contributed by atoms with E-state index >= 15 is 0 Å². The summed E-state index contributed by atoms with van der Waals surface area (Å²) in [6.07, 6.45) is 5.88. The standard InChI is InChI=1S/C15H22O3/c1-4-5-6-7-8-12-9-10-13(15(16)18-3)11-14(12)17-2/h9-11H,4-8H2,1-3H3. The van der Waals surface area contributed by atoms with Crippen LogP contribution in [0.1, 0.15) is 48.5 Å². The molecule has 0 saturated carbocycles. The first-order valence-electron chi connectivity index (χ1n) is 6.48. The summed E-state index contributed by atoms with van der Waals surface area (Å²) >= 11 is 0. The van der Waals surface area contributed by atoms with E-state index in [1.165, 1.54) is 26.4 Å². The molecule has 0 aromatic heterocycles.